The molecule has 1 rings (SSSR count). The van der Waals surface area contributed by atoms with Gasteiger partial charge in [-0.25, -0.2) is 10.3 Å². The Kier molecular flexibility index (Phi) is 1.96. The summed E-state index contributed by atoms with van der Waals surface area (Å²) < 4.78 is 0. The van der Waals surface area contributed by atoms with Crippen molar-refractivity contribution in [2.75, 3.05) is 0 Å². The maximum Gasteiger partial charge on any atom is 0.337 e. The number of benzene rings is 1. The molecule has 0 aliphatic carbocycles. The van der Waals surface area contributed by atoms with Gasteiger partial charge in [-0.15, -0.1) is 0 Å². The summed E-state index contributed by atoms with van der Waals surface area (Å²) in [6.07, 6.45) is 0. The topological polar surface area (TPSA) is 73.5 Å². The van der Waals surface area contributed by atoms with E-state index in [-0.39, 0.29) is 11.3 Å². The maximum atomic E-state index is 10.4. The summed E-state index contributed by atoms with van der Waals surface area (Å²) in [5, 5.41) is 11.6. The minimum atomic E-state index is -1.06. The second-order valence-electron chi connectivity index (χ2n) is 1.93. The average Bonchev–Trinajstić information content (AvgIpc) is 2.04. The van der Waals surface area contributed by atoms with E-state index < -0.39 is 5.97 Å². The Bertz CT molecular complexity index is 296. The molecule has 0 spiro atoms. The molecule has 0 aliphatic rings. The number of hydrogen-bond acceptors (Lipinski definition) is 3. The first-order chi connectivity index (χ1) is 5.25. The van der Waals surface area contributed by atoms with E-state index in [1.54, 1.807) is 12.1 Å². The number of para-hydroxylation sites is 1. The molecule has 11 heavy (non-hydrogen) atoms. The minimum absolute atomic E-state index is 0.0579. The standard InChI is InChI=1S/C7H6N2O2/c8-9-6-4-2-1-3-5(6)7(10)11/h1-4,8H,(H,10,11). The summed E-state index contributed by atoms with van der Waals surface area (Å²) in [5.74, 6) is -1.06. The van der Waals surface area contributed by atoms with Crippen LogP contribution in [0.15, 0.2) is 29.4 Å². The third kappa shape index (κ3) is 1.40. The molecule has 0 saturated heterocycles. The van der Waals surface area contributed by atoms with Crippen LogP contribution in [-0.4, -0.2) is 11.1 Å². The molecule has 0 heterocycles. The van der Waals surface area contributed by atoms with Crippen LogP contribution in [0, 0.1) is 5.53 Å². The predicted octanol–water partition coefficient (Wildman–Crippen LogP) is 2.05. The molecule has 4 heteroatoms. The number of carboxylic acid groups (broad SMARTS) is 1. The third-order valence-electron chi connectivity index (χ3n) is 1.25. The molecule has 0 unspecified atom stereocenters. The van der Waals surface area contributed by atoms with E-state index in [0.29, 0.717) is 0 Å². The van der Waals surface area contributed by atoms with E-state index in [1.165, 1.54) is 12.1 Å². The van der Waals surface area contributed by atoms with E-state index >= 15 is 0 Å². The molecule has 0 saturated carbocycles. The molecule has 0 atom stereocenters. The summed E-state index contributed by atoms with van der Waals surface area (Å²) in [7, 11) is 0. The smallest absolute Gasteiger partial charge is 0.337 e. The van der Waals surface area contributed by atoms with Crippen LogP contribution in [-0.2, 0) is 0 Å². The normalized spacial score (nSPS) is 9.09. The zero-order valence-corrected chi connectivity index (χ0v) is 5.61. The van der Waals surface area contributed by atoms with Crippen LogP contribution in [0.1, 0.15) is 10.4 Å². The van der Waals surface area contributed by atoms with Crippen LogP contribution in [0.5, 0.6) is 0 Å². The lowest BCUT2D eigenvalue weighted by Gasteiger charge is -1.95. The molecule has 1 aromatic carbocycles. The van der Waals surface area contributed by atoms with Crippen molar-refractivity contribution < 1.29 is 9.90 Å². The fourth-order valence-electron chi connectivity index (χ4n) is 0.752. The molecule has 0 fully saturated rings. The molecule has 1 aromatic rings. The Morgan fingerprint density at radius 2 is 2.09 bits per heavy atom. The number of hydrogen-bond donors (Lipinski definition) is 2. The molecule has 2 N–H and O–H groups in total. The van der Waals surface area contributed by atoms with Crippen molar-refractivity contribution in [1.82, 2.24) is 0 Å². The Morgan fingerprint density at radius 1 is 1.45 bits per heavy atom. The van der Waals surface area contributed by atoms with Gasteiger partial charge in [0, 0.05) is 0 Å². The highest BCUT2D eigenvalue weighted by atomic mass is 16.4. The van der Waals surface area contributed by atoms with Crippen molar-refractivity contribution in [3.05, 3.63) is 29.8 Å². The highest BCUT2D eigenvalue weighted by molar-refractivity contribution is 5.93. The first-order valence-electron chi connectivity index (χ1n) is 2.95. The highest BCUT2D eigenvalue weighted by Gasteiger charge is 2.06. The van der Waals surface area contributed by atoms with Gasteiger partial charge in [0.2, 0.25) is 0 Å². The van der Waals surface area contributed by atoms with Crippen molar-refractivity contribution in [2.24, 2.45) is 5.11 Å². The van der Waals surface area contributed by atoms with Crippen molar-refractivity contribution in [3.8, 4) is 0 Å². The molecule has 0 aromatic heterocycles. The lowest BCUT2D eigenvalue weighted by Crippen LogP contribution is -1.95. The summed E-state index contributed by atoms with van der Waals surface area (Å²) in [4.78, 5) is 10.4. The van der Waals surface area contributed by atoms with Gasteiger partial charge >= 0.3 is 5.97 Å². The molecule has 0 bridgehead atoms. The molecule has 0 amide bonds. The average molecular weight is 150 g/mol. The lowest BCUT2D eigenvalue weighted by molar-refractivity contribution is 0.0697. The minimum Gasteiger partial charge on any atom is -0.478 e. The van der Waals surface area contributed by atoms with Crippen LogP contribution >= 0.6 is 0 Å². The molecular formula is C7H6N2O2. The van der Waals surface area contributed by atoms with Gasteiger partial charge in [0.25, 0.3) is 0 Å². The summed E-state index contributed by atoms with van der Waals surface area (Å²) >= 11 is 0. The number of aromatic carboxylic acids is 1. The van der Waals surface area contributed by atoms with Crippen LogP contribution in [0.4, 0.5) is 5.69 Å². The van der Waals surface area contributed by atoms with Crippen LogP contribution < -0.4 is 0 Å². The van der Waals surface area contributed by atoms with Crippen molar-refractivity contribution in [3.63, 3.8) is 0 Å². The van der Waals surface area contributed by atoms with Crippen molar-refractivity contribution >= 4 is 11.7 Å². The third-order valence-corrected chi connectivity index (χ3v) is 1.25. The van der Waals surface area contributed by atoms with E-state index in [4.69, 9.17) is 10.6 Å². The predicted molar refractivity (Wildman–Crippen MR) is 38.2 cm³/mol. The summed E-state index contributed by atoms with van der Waals surface area (Å²) in [6.45, 7) is 0. The van der Waals surface area contributed by atoms with Gasteiger partial charge in [-0.3, -0.25) is 0 Å². The Hall–Kier alpha value is -1.71. The summed E-state index contributed by atoms with van der Waals surface area (Å²) in [6, 6.07) is 6.13. The Morgan fingerprint density at radius 3 is 2.55 bits per heavy atom. The van der Waals surface area contributed by atoms with Gasteiger partial charge in [0.05, 0.1) is 11.3 Å². The largest absolute Gasteiger partial charge is 0.478 e. The molecule has 56 valence electrons. The fourth-order valence-corrected chi connectivity index (χ4v) is 0.752. The number of nitrogens with zero attached hydrogens (tertiary/aromatic N) is 1. The molecule has 4 nitrogen and oxygen atoms in total. The highest BCUT2D eigenvalue weighted by Crippen LogP contribution is 2.17. The molecular weight excluding hydrogens is 144 g/mol. The van der Waals surface area contributed by atoms with Crippen LogP contribution in [0.25, 0.3) is 0 Å². The van der Waals surface area contributed by atoms with Gasteiger partial charge in [0.15, 0.2) is 0 Å². The number of rotatable bonds is 2. The van der Waals surface area contributed by atoms with Gasteiger partial charge in [-0.1, -0.05) is 12.1 Å². The number of nitrogens with one attached hydrogen (secondary N) is 1. The first-order valence-corrected chi connectivity index (χ1v) is 2.95. The van der Waals surface area contributed by atoms with Gasteiger partial charge in [0.1, 0.15) is 0 Å². The zero-order chi connectivity index (χ0) is 8.27. The SMILES string of the molecule is N=Nc1ccccc1C(=O)O. The Labute approximate surface area is 63.0 Å². The molecule has 0 aliphatic heterocycles. The fraction of sp³-hybridized carbons (Fsp3) is 0. The van der Waals surface area contributed by atoms with Crippen molar-refractivity contribution in [2.45, 2.75) is 0 Å². The second kappa shape index (κ2) is 2.92. The monoisotopic (exact) mass is 150 g/mol. The summed E-state index contributed by atoms with van der Waals surface area (Å²) in [5.41, 5.74) is 6.88. The van der Waals surface area contributed by atoms with Crippen LogP contribution in [0.3, 0.4) is 0 Å². The van der Waals surface area contributed by atoms with Crippen LogP contribution in [0.2, 0.25) is 0 Å². The zero-order valence-electron chi connectivity index (χ0n) is 5.61. The van der Waals surface area contributed by atoms with Crippen molar-refractivity contribution in [1.29, 1.82) is 5.53 Å². The lowest BCUT2D eigenvalue weighted by atomic mass is 10.2. The van der Waals surface area contributed by atoms with E-state index in [1.807, 2.05) is 0 Å². The van der Waals surface area contributed by atoms with E-state index in [2.05, 4.69) is 5.11 Å². The van der Waals surface area contributed by atoms with Gasteiger partial charge in [-0.05, 0) is 12.1 Å². The quantitative estimate of drug-likeness (QED) is 0.633. The van der Waals surface area contributed by atoms with E-state index in [9.17, 15) is 4.79 Å². The van der Waals surface area contributed by atoms with Gasteiger partial charge < -0.3 is 5.11 Å². The first kappa shape index (κ1) is 7.40. The second-order valence-corrected chi connectivity index (χ2v) is 1.93. The molecule has 0 radical (unpaired) electrons. The Balaban J connectivity index is 3.22. The number of carbonyl (C=O) groups is 1. The number of carboxylic acids is 1. The maximum absolute atomic E-state index is 10.4. The van der Waals surface area contributed by atoms with E-state index in [0.717, 1.165) is 0 Å². The van der Waals surface area contributed by atoms with Gasteiger partial charge in [-0.2, -0.15) is 5.11 Å².